The van der Waals surface area contributed by atoms with E-state index in [-0.39, 0.29) is 31.1 Å². The van der Waals surface area contributed by atoms with Crippen LogP contribution in [-0.4, -0.2) is 35.0 Å². The van der Waals surface area contributed by atoms with E-state index in [9.17, 15) is 9.59 Å². The fraction of sp³-hybridized carbons (Fsp3) is 0.182. The van der Waals surface area contributed by atoms with Crippen LogP contribution in [0, 0.1) is 0 Å². The second kappa shape index (κ2) is 5.64. The SMILES string of the molecule is CC(=O)N1CC2=C(C1=O)[C@@H](c1ccc3c(c1)OCO3)c1c[nH]c3cccc(c13)N2. The van der Waals surface area contributed by atoms with Crippen LogP contribution in [0.5, 0.6) is 11.5 Å². The van der Waals surface area contributed by atoms with Gasteiger partial charge in [-0.1, -0.05) is 12.1 Å². The lowest BCUT2D eigenvalue weighted by atomic mass is 9.84. The molecular weight excluding hydrogens is 370 g/mol. The number of ether oxygens (including phenoxy) is 2. The van der Waals surface area contributed by atoms with E-state index in [0.717, 1.165) is 33.4 Å². The van der Waals surface area contributed by atoms with Gasteiger partial charge in [0.05, 0.1) is 12.1 Å². The van der Waals surface area contributed by atoms with E-state index in [0.29, 0.717) is 17.1 Å². The van der Waals surface area contributed by atoms with Gasteiger partial charge in [-0.3, -0.25) is 14.5 Å². The molecule has 1 atom stereocenters. The quantitative estimate of drug-likeness (QED) is 0.670. The zero-order valence-electron chi connectivity index (χ0n) is 15.6. The molecule has 29 heavy (non-hydrogen) atoms. The van der Waals surface area contributed by atoms with Crippen LogP contribution < -0.4 is 14.8 Å². The molecule has 144 valence electrons. The van der Waals surface area contributed by atoms with E-state index in [1.807, 2.05) is 42.6 Å². The first-order chi connectivity index (χ1) is 14.1. The number of hydrogen-bond acceptors (Lipinski definition) is 5. The van der Waals surface area contributed by atoms with Crippen molar-refractivity contribution < 1.29 is 19.1 Å². The molecule has 3 aliphatic rings. The van der Waals surface area contributed by atoms with Gasteiger partial charge in [-0.15, -0.1) is 0 Å². The van der Waals surface area contributed by atoms with Crippen molar-refractivity contribution in [1.82, 2.24) is 9.88 Å². The van der Waals surface area contributed by atoms with Gasteiger partial charge in [0.2, 0.25) is 12.7 Å². The zero-order valence-corrected chi connectivity index (χ0v) is 15.6. The first-order valence-electron chi connectivity index (χ1n) is 9.44. The van der Waals surface area contributed by atoms with E-state index in [4.69, 9.17) is 9.47 Å². The van der Waals surface area contributed by atoms with Crippen LogP contribution >= 0.6 is 0 Å². The molecule has 0 bridgehead atoms. The molecule has 0 fully saturated rings. The fourth-order valence-corrected chi connectivity index (χ4v) is 4.55. The molecule has 2 aromatic carbocycles. The van der Waals surface area contributed by atoms with Gasteiger partial charge in [-0.05, 0) is 35.4 Å². The molecule has 2 amide bonds. The third-order valence-electron chi connectivity index (χ3n) is 5.85. The summed E-state index contributed by atoms with van der Waals surface area (Å²) in [6, 6.07) is 11.7. The molecule has 0 saturated heterocycles. The van der Waals surface area contributed by atoms with Crippen molar-refractivity contribution >= 4 is 28.4 Å². The molecule has 0 radical (unpaired) electrons. The number of rotatable bonds is 1. The Hall–Kier alpha value is -3.74. The second-order valence-electron chi connectivity index (χ2n) is 7.45. The van der Waals surface area contributed by atoms with Crippen molar-refractivity contribution in [2.75, 3.05) is 18.7 Å². The van der Waals surface area contributed by atoms with Crippen molar-refractivity contribution in [3.05, 3.63) is 65.0 Å². The topological polar surface area (TPSA) is 83.7 Å². The minimum Gasteiger partial charge on any atom is -0.454 e. The van der Waals surface area contributed by atoms with Gasteiger partial charge in [0.1, 0.15) is 0 Å². The fourth-order valence-electron chi connectivity index (χ4n) is 4.55. The average molecular weight is 387 g/mol. The summed E-state index contributed by atoms with van der Waals surface area (Å²) in [4.78, 5) is 30.0. The number of H-pyrrole nitrogens is 1. The van der Waals surface area contributed by atoms with Gasteiger partial charge in [0, 0.05) is 41.3 Å². The Labute approximate surface area is 165 Å². The molecule has 6 rings (SSSR count). The highest BCUT2D eigenvalue weighted by molar-refractivity contribution is 6.11. The zero-order chi connectivity index (χ0) is 19.7. The van der Waals surface area contributed by atoms with E-state index in [2.05, 4.69) is 10.3 Å². The standard InChI is InChI=1S/C22H17N3O4/c1-11(26)25-9-16-21(22(25)27)19(12-5-6-17-18(7-12)29-10-28-17)13-8-23-14-3-2-4-15(24-16)20(13)14/h2-8,19,23-24H,9-10H2,1H3/t19-/m0/s1. The van der Waals surface area contributed by atoms with Crippen molar-refractivity contribution in [3.63, 3.8) is 0 Å². The van der Waals surface area contributed by atoms with Crippen LogP contribution in [0.3, 0.4) is 0 Å². The molecule has 4 heterocycles. The average Bonchev–Trinajstić information content (AvgIpc) is 3.39. The summed E-state index contributed by atoms with van der Waals surface area (Å²) < 4.78 is 11.0. The number of anilines is 1. The number of nitrogens with one attached hydrogen (secondary N) is 2. The monoisotopic (exact) mass is 387 g/mol. The summed E-state index contributed by atoms with van der Waals surface area (Å²) >= 11 is 0. The Bertz CT molecular complexity index is 1260. The number of benzene rings is 2. The van der Waals surface area contributed by atoms with Crippen molar-refractivity contribution in [2.24, 2.45) is 0 Å². The maximum atomic E-state index is 13.3. The number of carbonyl (C=O) groups excluding carboxylic acids is 2. The lowest BCUT2D eigenvalue weighted by Gasteiger charge is -2.19. The highest BCUT2D eigenvalue weighted by atomic mass is 16.7. The molecule has 7 heteroatoms. The summed E-state index contributed by atoms with van der Waals surface area (Å²) in [5, 5.41) is 4.48. The number of carbonyl (C=O) groups is 2. The molecular formula is C22H17N3O4. The summed E-state index contributed by atoms with van der Waals surface area (Å²) in [6.07, 6.45) is 1.95. The van der Waals surface area contributed by atoms with Gasteiger partial charge >= 0.3 is 0 Å². The lowest BCUT2D eigenvalue weighted by molar-refractivity contribution is -0.139. The third-order valence-corrected chi connectivity index (χ3v) is 5.85. The predicted octanol–water partition coefficient (Wildman–Crippen LogP) is 3.10. The second-order valence-corrected chi connectivity index (χ2v) is 7.45. The van der Waals surface area contributed by atoms with Crippen LogP contribution in [-0.2, 0) is 9.59 Å². The maximum absolute atomic E-state index is 13.3. The molecule has 1 aromatic heterocycles. The maximum Gasteiger partial charge on any atom is 0.259 e. The number of aromatic amines is 1. The number of fused-ring (bicyclic) bond motifs is 1. The summed E-state index contributed by atoms with van der Waals surface area (Å²) in [5.74, 6) is 0.501. The Morgan fingerprint density at radius 3 is 2.90 bits per heavy atom. The van der Waals surface area contributed by atoms with Crippen LogP contribution in [0.25, 0.3) is 10.9 Å². The van der Waals surface area contributed by atoms with E-state index in [1.165, 1.54) is 11.8 Å². The lowest BCUT2D eigenvalue weighted by Crippen LogP contribution is -2.33. The highest BCUT2D eigenvalue weighted by Crippen LogP contribution is 2.47. The summed E-state index contributed by atoms with van der Waals surface area (Å²) in [6.45, 7) is 1.85. The van der Waals surface area contributed by atoms with Crippen molar-refractivity contribution in [1.29, 1.82) is 0 Å². The summed E-state index contributed by atoms with van der Waals surface area (Å²) in [5.41, 5.74) is 5.18. The molecule has 3 aromatic rings. The molecule has 0 aliphatic carbocycles. The van der Waals surface area contributed by atoms with E-state index in [1.54, 1.807) is 0 Å². The highest BCUT2D eigenvalue weighted by Gasteiger charge is 2.41. The molecule has 0 spiro atoms. The number of nitrogens with zero attached hydrogens (tertiary/aromatic N) is 1. The minimum absolute atomic E-state index is 0.188. The Morgan fingerprint density at radius 2 is 2.03 bits per heavy atom. The normalized spacial score (nSPS) is 19.4. The Morgan fingerprint density at radius 1 is 1.17 bits per heavy atom. The molecule has 3 aliphatic heterocycles. The molecule has 0 saturated carbocycles. The van der Waals surface area contributed by atoms with Crippen LogP contribution in [0.15, 0.2) is 53.9 Å². The van der Waals surface area contributed by atoms with Crippen LogP contribution in [0.1, 0.15) is 24.0 Å². The van der Waals surface area contributed by atoms with Gasteiger partial charge < -0.3 is 19.8 Å². The smallest absolute Gasteiger partial charge is 0.259 e. The first kappa shape index (κ1) is 16.2. The van der Waals surface area contributed by atoms with Crippen molar-refractivity contribution in [2.45, 2.75) is 12.8 Å². The number of hydrogen-bond donors (Lipinski definition) is 2. The van der Waals surface area contributed by atoms with E-state index >= 15 is 0 Å². The number of aromatic nitrogens is 1. The van der Waals surface area contributed by atoms with Crippen LogP contribution in [0.2, 0.25) is 0 Å². The Balaban J connectivity index is 1.61. The largest absolute Gasteiger partial charge is 0.454 e. The van der Waals surface area contributed by atoms with Gasteiger partial charge in [0.25, 0.3) is 5.91 Å². The first-order valence-corrected chi connectivity index (χ1v) is 9.44. The van der Waals surface area contributed by atoms with Gasteiger partial charge in [0.15, 0.2) is 11.5 Å². The number of amides is 2. The minimum atomic E-state index is -0.332. The summed E-state index contributed by atoms with van der Waals surface area (Å²) in [7, 11) is 0. The number of imide groups is 1. The van der Waals surface area contributed by atoms with Crippen molar-refractivity contribution in [3.8, 4) is 11.5 Å². The van der Waals surface area contributed by atoms with E-state index < -0.39 is 0 Å². The third kappa shape index (κ3) is 2.18. The molecule has 2 N–H and O–H groups in total. The van der Waals surface area contributed by atoms with Gasteiger partial charge in [-0.25, -0.2) is 0 Å². The van der Waals surface area contributed by atoms with Gasteiger partial charge in [-0.2, -0.15) is 0 Å². The molecule has 0 unspecified atom stereocenters. The van der Waals surface area contributed by atoms with Crippen LogP contribution in [0.4, 0.5) is 5.69 Å². The predicted molar refractivity (Wildman–Crippen MR) is 106 cm³/mol. The molecule has 7 nitrogen and oxygen atoms in total. The Kier molecular flexibility index (Phi) is 3.16.